The van der Waals surface area contributed by atoms with Crippen LogP contribution in [0.2, 0.25) is 0 Å². The van der Waals surface area contributed by atoms with Crippen LogP contribution in [0.4, 0.5) is 0 Å². The summed E-state index contributed by atoms with van der Waals surface area (Å²) < 4.78 is 5.12. The van der Waals surface area contributed by atoms with Crippen LogP contribution < -0.4 is 0 Å². The lowest BCUT2D eigenvalue weighted by atomic mass is 10.0. The van der Waals surface area contributed by atoms with Crippen LogP contribution in [0.25, 0.3) is 11.0 Å². The number of furan rings is 1. The zero-order chi connectivity index (χ0) is 12.6. The Bertz CT molecular complexity index is 343. The van der Waals surface area contributed by atoms with Gasteiger partial charge < -0.3 is 4.42 Å². The second kappa shape index (κ2) is 7.10. The number of hydrogen-bond donors (Lipinski definition) is 0. The van der Waals surface area contributed by atoms with E-state index in [2.05, 4.69) is 27.7 Å². The summed E-state index contributed by atoms with van der Waals surface area (Å²) in [6.45, 7) is 12.8. The van der Waals surface area contributed by atoms with E-state index in [4.69, 9.17) is 4.42 Å². The van der Waals surface area contributed by atoms with Gasteiger partial charge in [-0.05, 0) is 17.5 Å². The predicted octanol–water partition coefficient (Wildman–Crippen LogP) is 5.51. The molecule has 90 valence electrons. The van der Waals surface area contributed by atoms with Crippen molar-refractivity contribution in [3.05, 3.63) is 36.6 Å². The summed E-state index contributed by atoms with van der Waals surface area (Å²) >= 11 is 0. The Balaban J connectivity index is 0.000000280. The molecule has 0 N–H and O–H groups in total. The van der Waals surface area contributed by atoms with Gasteiger partial charge in [0.2, 0.25) is 0 Å². The van der Waals surface area contributed by atoms with Crippen LogP contribution in [0.1, 0.15) is 41.5 Å². The third-order valence-corrected chi connectivity index (χ3v) is 1.36. The van der Waals surface area contributed by atoms with Crippen molar-refractivity contribution in [2.45, 2.75) is 41.5 Å². The monoisotopic (exact) mass is 220 g/mol. The molecule has 0 unspecified atom stereocenters. The molecule has 0 aliphatic heterocycles. The summed E-state index contributed by atoms with van der Waals surface area (Å²) in [5, 5.41) is 1.16. The van der Waals surface area contributed by atoms with Gasteiger partial charge in [-0.25, -0.2) is 0 Å². The molecule has 0 saturated carbocycles. The molecule has 0 bridgehead atoms. The Morgan fingerprint density at radius 1 is 0.875 bits per heavy atom. The van der Waals surface area contributed by atoms with E-state index in [1.807, 2.05) is 44.2 Å². The Labute approximate surface area is 99.5 Å². The molecule has 2 rings (SSSR count). The highest BCUT2D eigenvalue weighted by Crippen LogP contribution is 2.12. The van der Waals surface area contributed by atoms with Crippen LogP contribution in [-0.2, 0) is 0 Å². The third kappa shape index (κ3) is 7.10. The summed E-state index contributed by atoms with van der Waals surface area (Å²) in [5.74, 6) is 0. The lowest BCUT2D eigenvalue weighted by Gasteiger charge is -2.05. The van der Waals surface area contributed by atoms with E-state index < -0.39 is 0 Å². The Kier molecular flexibility index (Phi) is 6.55. The summed E-state index contributed by atoms with van der Waals surface area (Å²) in [5.41, 5.74) is 1.46. The fourth-order valence-corrected chi connectivity index (χ4v) is 0.906. The highest BCUT2D eigenvalue weighted by molar-refractivity contribution is 5.76. The summed E-state index contributed by atoms with van der Waals surface area (Å²) in [6.07, 6.45) is 1.70. The third-order valence-electron chi connectivity index (χ3n) is 1.36. The first-order valence-electron chi connectivity index (χ1n) is 5.89. The zero-order valence-electron chi connectivity index (χ0n) is 11.4. The van der Waals surface area contributed by atoms with E-state index in [9.17, 15) is 0 Å². The molecule has 1 heteroatoms. The first kappa shape index (κ1) is 14.8. The zero-order valence-corrected chi connectivity index (χ0v) is 11.4. The van der Waals surface area contributed by atoms with Gasteiger partial charge >= 0.3 is 0 Å². The van der Waals surface area contributed by atoms with Crippen molar-refractivity contribution in [1.82, 2.24) is 0 Å². The van der Waals surface area contributed by atoms with Crippen LogP contribution >= 0.6 is 0 Å². The number of benzene rings is 1. The Hall–Kier alpha value is -1.24. The van der Waals surface area contributed by atoms with Gasteiger partial charge in [0.15, 0.2) is 0 Å². The van der Waals surface area contributed by atoms with Crippen LogP contribution in [0.15, 0.2) is 41.0 Å². The molecule has 1 aromatic heterocycles. The highest BCUT2D eigenvalue weighted by Gasteiger charge is 1.95. The molecule has 1 heterocycles. The molecule has 0 atom stereocenters. The first-order chi connectivity index (χ1) is 7.47. The van der Waals surface area contributed by atoms with Gasteiger partial charge in [0.25, 0.3) is 0 Å². The van der Waals surface area contributed by atoms with Crippen LogP contribution in [-0.4, -0.2) is 0 Å². The standard InChI is InChI=1S/C8H6O.C5H12.C2H6/c1-2-4-8-7(3-1)5-6-9-8;1-5(2,3)4;1-2/h1-6H;1-4H3;1-2H3. The maximum atomic E-state index is 5.12. The number of fused-ring (bicyclic) bond motifs is 1. The van der Waals surface area contributed by atoms with Gasteiger partial charge in [-0.3, -0.25) is 0 Å². The fraction of sp³-hybridized carbons (Fsp3) is 0.467. The van der Waals surface area contributed by atoms with Crippen molar-refractivity contribution in [2.24, 2.45) is 5.41 Å². The summed E-state index contributed by atoms with van der Waals surface area (Å²) in [6, 6.07) is 9.90. The van der Waals surface area contributed by atoms with E-state index in [1.54, 1.807) is 6.26 Å². The second-order valence-electron chi connectivity index (χ2n) is 4.96. The predicted molar refractivity (Wildman–Crippen MR) is 72.7 cm³/mol. The minimum atomic E-state index is 0.500. The molecular formula is C15H24O. The SMILES string of the molecule is CC.CC(C)(C)C.c1ccc2occc2c1. The molecule has 0 amide bonds. The van der Waals surface area contributed by atoms with Crippen molar-refractivity contribution >= 4 is 11.0 Å². The molecule has 0 fully saturated rings. The van der Waals surface area contributed by atoms with Crippen molar-refractivity contribution < 1.29 is 4.42 Å². The average molecular weight is 220 g/mol. The molecule has 0 aliphatic rings. The molecule has 0 radical (unpaired) electrons. The molecule has 0 spiro atoms. The van der Waals surface area contributed by atoms with E-state index in [-0.39, 0.29) is 0 Å². The van der Waals surface area contributed by atoms with Gasteiger partial charge in [-0.2, -0.15) is 0 Å². The maximum absolute atomic E-state index is 5.12. The molecule has 16 heavy (non-hydrogen) atoms. The smallest absolute Gasteiger partial charge is 0.133 e. The van der Waals surface area contributed by atoms with Gasteiger partial charge in [0.1, 0.15) is 5.58 Å². The molecule has 2 aromatic rings. The van der Waals surface area contributed by atoms with Crippen LogP contribution in [0.5, 0.6) is 0 Å². The van der Waals surface area contributed by atoms with Gasteiger partial charge in [0, 0.05) is 5.39 Å². The lowest BCUT2D eigenvalue weighted by molar-refractivity contribution is 0.469. The Morgan fingerprint density at radius 3 is 1.88 bits per heavy atom. The minimum Gasteiger partial charge on any atom is -0.464 e. The number of para-hydroxylation sites is 1. The van der Waals surface area contributed by atoms with Crippen molar-refractivity contribution in [3.63, 3.8) is 0 Å². The van der Waals surface area contributed by atoms with Crippen LogP contribution in [0.3, 0.4) is 0 Å². The van der Waals surface area contributed by atoms with Crippen molar-refractivity contribution in [1.29, 1.82) is 0 Å². The van der Waals surface area contributed by atoms with Crippen LogP contribution in [0, 0.1) is 5.41 Å². The summed E-state index contributed by atoms with van der Waals surface area (Å²) in [7, 11) is 0. The highest BCUT2D eigenvalue weighted by atomic mass is 16.3. The van der Waals surface area contributed by atoms with E-state index >= 15 is 0 Å². The maximum Gasteiger partial charge on any atom is 0.133 e. The largest absolute Gasteiger partial charge is 0.464 e. The average Bonchev–Trinajstić information content (AvgIpc) is 2.66. The molecule has 0 aliphatic carbocycles. The lowest BCUT2D eigenvalue weighted by Crippen LogP contribution is -1.93. The molecular weight excluding hydrogens is 196 g/mol. The number of hydrogen-bond acceptors (Lipinski definition) is 1. The molecule has 0 saturated heterocycles. The molecule has 1 nitrogen and oxygen atoms in total. The normalized spacial score (nSPS) is 9.88. The second-order valence-corrected chi connectivity index (χ2v) is 4.96. The van der Waals surface area contributed by atoms with Crippen molar-refractivity contribution in [2.75, 3.05) is 0 Å². The van der Waals surface area contributed by atoms with E-state index in [0.717, 1.165) is 11.0 Å². The minimum absolute atomic E-state index is 0.500. The quantitative estimate of drug-likeness (QED) is 0.570. The topological polar surface area (TPSA) is 13.1 Å². The van der Waals surface area contributed by atoms with Gasteiger partial charge in [-0.15, -0.1) is 0 Å². The molecule has 1 aromatic carbocycles. The fourth-order valence-electron chi connectivity index (χ4n) is 0.906. The van der Waals surface area contributed by atoms with E-state index in [0.29, 0.717) is 5.41 Å². The first-order valence-corrected chi connectivity index (χ1v) is 5.89. The van der Waals surface area contributed by atoms with Crippen molar-refractivity contribution in [3.8, 4) is 0 Å². The summed E-state index contributed by atoms with van der Waals surface area (Å²) in [4.78, 5) is 0. The van der Waals surface area contributed by atoms with Gasteiger partial charge in [-0.1, -0.05) is 59.7 Å². The van der Waals surface area contributed by atoms with Gasteiger partial charge in [0.05, 0.1) is 6.26 Å². The Morgan fingerprint density at radius 2 is 1.38 bits per heavy atom. The number of rotatable bonds is 0. The van der Waals surface area contributed by atoms with E-state index in [1.165, 1.54) is 0 Å².